The number of carbonyl (C=O) groups excluding carboxylic acids is 2. The topological polar surface area (TPSA) is 43.4 Å². The van der Waals surface area contributed by atoms with Gasteiger partial charge in [0.25, 0.3) is 0 Å². The van der Waals surface area contributed by atoms with Crippen LogP contribution in [0.15, 0.2) is 30.3 Å². The number of aldehydes is 1. The number of ether oxygens (including phenoxy) is 1. The lowest BCUT2D eigenvalue weighted by Crippen LogP contribution is -2.31. The van der Waals surface area contributed by atoms with Gasteiger partial charge in [-0.2, -0.15) is 0 Å². The monoisotopic (exact) mass is 232 g/mol. The molecule has 1 fully saturated rings. The Morgan fingerprint density at radius 2 is 1.88 bits per heavy atom. The van der Waals surface area contributed by atoms with Crippen LogP contribution in [0.3, 0.4) is 0 Å². The second kappa shape index (κ2) is 5.13. The lowest BCUT2D eigenvalue weighted by Gasteiger charge is -2.19. The van der Waals surface area contributed by atoms with Crippen LogP contribution in [0, 0.1) is 5.41 Å². The molecule has 0 heterocycles. The second-order valence-corrected chi connectivity index (χ2v) is 4.54. The van der Waals surface area contributed by atoms with Gasteiger partial charge >= 0.3 is 5.97 Å². The highest BCUT2D eigenvalue weighted by Gasteiger charge is 2.42. The van der Waals surface area contributed by atoms with E-state index in [-0.39, 0.29) is 12.6 Å². The van der Waals surface area contributed by atoms with Crippen LogP contribution < -0.4 is 0 Å². The van der Waals surface area contributed by atoms with E-state index in [0.717, 1.165) is 24.7 Å². The first kappa shape index (κ1) is 11.8. The van der Waals surface area contributed by atoms with Crippen LogP contribution >= 0.6 is 0 Å². The van der Waals surface area contributed by atoms with Crippen LogP contribution in [-0.2, 0) is 20.9 Å². The van der Waals surface area contributed by atoms with Gasteiger partial charge in [-0.15, -0.1) is 0 Å². The summed E-state index contributed by atoms with van der Waals surface area (Å²) >= 11 is 0. The van der Waals surface area contributed by atoms with Crippen LogP contribution in [-0.4, -0.2) is 12.3 Å². The molecule has 0 spiro atoms. The largest absolute Gasteiger partial charge is 0.460 e. The summed E-state index contributed by atoms with van der Waals surface area (Å²) in [5.74, 6) is -0.367. The van der Waals surface area contributed by atoms with Gasteiger partial charge in [0.05, 0.1) is 0 Å². The van der Waals surface area contributed by atoms with E-state index in [9.17, 15) is 9.59 Å². The summed E-state index contributed by atoms with van der Waals surface area (Å²) in [6.45, 7) is 0.245. The van der Waals surface area contributed by atoms with Crippen LogP contribution in [0.25, 0.3) is 0 Å². The molecule has 1 aliphatic carbocycles. The van der Waals surface area contributed by atoms with Crippen LogP contribution in [0.4, 0.5) is 0 Å². The highest BCUT2D eigenvalue weighted by molar-refractivity contribution is 5.93. The third-order valence-electron chi connectivity index (χ3n) is 3.34. The summed E-state index contributed by atoms with van der Waals surface area (Å²) in [7, 11) is 0. The molecule has 0 unspecified atom stereocenters. The minimum atomic E-state index is -0.866. The van der Waals surface area contributed by atoms with Gasteiger partial charge in [-0.05, 0) is 18.4 Å². The first-order valence-electron chi connectivity index (χ1n) is 5.94. The molecule has 0 radical (unpaired) electrons. The average molecular weight is 232 g/mol. The first-order chi connectivity index (χ1) is 8.27. The maximum Gasteiger partial charge on any atom is 0.319 e. The smallest absolute Gasteiger partial charge is 0.319 e. The third-order valence-corrected chi connectivity index (χ3v) is 3.34. The van der Waals surface area contributed by atoms with Crippen molar-refractivity contribution in [1.29, 1.82) is 0 Å². The number of rotatable bonds is 4. The van der Waals surface area contributed by atoms with Crippen molar-refractivity contribution < 1.29 is 14.3 Å². The van der Waals surface area contributed by atoms with Crippen molar-refractivity contribution in [3.63, 3.8) is 0 Å². The molecule has 90 valence electrons. The van der Waals surface area contributed by atoms with Crippen LogP contribution in [0.2, 0.25) is 0 Å². The van der Waals surface area contributed by atoms with Crippen molar-refractivity contribution in [3.05, 3.63) is 35.9 Å². The van der Waals surface area contributed by atoms with Gasteiger partial charge in [0.2, 0.25) is 0 Å². The normalized spacial score (nSPS) is 17.6. The van der Waals surface area contributed by atoms with Crippen LogP contribution in [0.1, 0.15) is 31.2 Å². The van der Waals surface area contributed by atoms with Gasteiger partial charge in [0.1, 0.15) is 18.3 Å². The van der Waals surface area contributed by atoms with E-state index in [1.54, 1.807) is 0 Å². The minimum absolute atomic E-state index is 0.245. The van der Waals surface area contributed by atoms with Gasteiger partial charge in [-0.1, -0.05) is 43.2 Å². The number of carbonyl (C=O) groups is 2. The molecule has 0 aromatic heterocycles. The highest BCUT2D eigenvalue weighted by Crippen LogP contribution is 2.37. The predicted octanol–water partition coefficient (Wildman–Crippen LogP) is 2.49. The number of esters is 1. The SMILES string of the molecule is O=CC1(C(=O)OCc2ccccc2)CCCC1. The van der Waals surface area contributed by atoms with Crippen molar-refractivity contribution in [3.8, 4) is 0 Å². The maximum atomic E-state index is 11.9. The van der Waals surface area contributed by atoms with E-state index in [1.165, 1.54) is 0 Å². The third kappa shape index (κ3) is 2.54. The lowest BCUT2D eigenvalue weighted by atomic mass is 9.88. The Morgan fingerprint density at radius 1 is 1.24 bits per heavy atom. The van der Waals surface area contributed by atoms with Gasteiger partial charge in [-0.25, -0.2) is 0 Å². The average Bonchev–Trinajstić information content (AvgIpc) is 2.87. The summed E-state index contributed by atoms with van der Waals surface area (Å²) in [4.78, 5) is 23.0. The predicted molar refractivity (Wildman–Crippen MR) is 63.2 cm³/mol. The molecule has 1 saturated carbocycles. The fourth-order valence-corrected chi connectivity index (χ4v) is 2.24. The molecule has 0 N–H and O–H groups in total. The second-order valence-electron chi connectivity index (χ2n) is 4.54. The molecule has 0 bridgehead atoms. The molecule has 2 rings (SSSR count). The fraction of sp³-hybridized carbons (Fsp3) is 0.429. The zero-order chi connectivity index (χ0) is 12.1. The van der Waals surface area contributed by atoms with Gasteiger partial charge < -0.3 is 9.53 Å². The lowest BCUT2D eigenvalue weighted by molar-refractivity contribution is -0.158. The molecule has 1 aliphatic rings. The van der Waals surface area contributed by atoms with Crippen LogP contribution in [0.5, 0.6) is 0 Å². The number of benzene rings is 1. The molecule has 1 aromatic rings. The summed E-state index contributed by atoms with van der Waals surface area (Å²) < 4.78 is 5.24. The molecule has 1 aromatic carbocycles. The van der Waals surface area contributed by atoms with E-state index in [2.05, 4.69) is 0 Å². The zero-order valence-electron chi connectivity index (χ0n) is 9.72. The number of hydrogen-bond donors (Lipinski definition) is 0. The molecular weight excluding hydrogens is 216 g/mol. The van der Waals surface area contributed by atoms with Crippen molar-refractivity contribution in [2.24, 2.45) is 5.41 Å². The molecule has 0 aliphatic heterocycles. The van der Waals surface area contributed by atoms with Crippen molar-refractivity contribution in [1.82, 2.24) is 0 Å². The Labute approximate surface area is 101 Å². The Morgan fingerprint density at radius 3 is 2.47 bits per heavy atom. The standard InChI is InChI=1S/C14H16O3/c15-11-14(8-4-5-9-14)13(16)17-10-12-6-2-1-3-7-12/h1-3,6-7,11H,4-5,8-10H2. The minimum Gasteiger partial charge on any atom is -0.460 e. The highest BCUT2D eigenvalue weighted by atomic mass is 16.5. The first-order valence-corrected chi connectivity index (χ1v) is 5.94. The Balaban J connectivity index is 1.95. The summed E-state index contributed by atoms with van der Waals surface area (Å²) in [5.41, 5.74) is 0.0781. The molecule has 17 heavy (non-hydrogen) atoms. The van der Waals surface area contributed by atoms with Gasteiger partial charge in [0, 0.05) is 0 Å². The van der Waals surface area contributed by atoms with Crippen molar-refractivity contribution >= 4 is 12.3 Å². The molecule has 0 saturated heterocycles. The molecule has 0 amide bonds. The summed E-state index contributed by atoms with van der Waals surface area (Å²) in [5, 5.41) is 0. The Bertz CT molecular complexity index is 391. The zero-order valence-corrected chi connectivity index (χ0v) is 9.72. The van der Waals surface area contributed by atoms with E-state index >= 15 is 0 Å². The molecular formula is C14H16O3. The summed E-state index contributed by atoms with van der Waals surface area (Å²) in [6.07, 6.45) is 3.89. The maximum absolute atomic E-state index is 11.9. The molecule has 3 heteroatoms. The molecule has 0 atom stereocenters. The van der Waals surface area contributed by atoms with Crippen molar-refractivity contribution in [2.45, 2.75) is 32.3 Å². The van der Waals surface area contributed by atoms with Gasteiger partial charge in [-0.3, -0.25) is 4.79 Å². The summed E-state index contributed by atoms with van der Waals surface area (Å²) in [6, 6.07) is 9.50. The van der Waals surface area contributed by atoms with Gasteiger partial charge in [0.15, 0.2) is 0 Å². The van der Waals surface area contributed by atoms with E-state index in [0.29, 0.717) is 12.8 Å². The van der Waals surface area contributed by atoms with E-state index in [4.69, 9.17) is 4.74 Å². The fourth-order valence-electron chi connectivity index (χ4n) is 2.24. The van der Waals surface area contributed by atoms with E-state index < -0.39 is 5.41 Å². The quantitative estimate of drug-likeness (QED) is 0.455. The van der Waals surface area contributed by atoms with Crippen molar-refractivity contribution in [2.75, 3.05) is 0 Å². The Kier molecular flexibility index (Phi) is 3.57. The van der Waals surface area contributed by atoms with E-state index in [1.807, 2.05) is 30.3 Å². The number of hydrogen-bond acceptors (Lipinski definition) is 3. The molecule has 3 nitrogen and oxygen atoms in total. The Hall–Kier alpha value is -1.64.